The fraction of sp³-hybridized carbons (Fsp3) is 0.833. The molecule has 0 aliphatic carbocycles. The minimum Gasteiger partial charge on any atom is -0.463 e. The van der Waals surface area contributed by atoms with Crippen LogP contribution >= 0.6 is 0 Å². The lowest BCUT2D eigenvalue weighted by Gasteiger charge is -2.29. The summed E-state index contributed by atoms with van der Waals surface area (Å²) < 4.78 is 35.9. The van der Waals surface area contributed by atoms with Gasteiger partial charge in [-0.2, -0.15) is 8.42 Å². The number of quaternary nitrogens is 1. The van der Waals surface area contributed by atoms with Gasteiger partial charge in [0.2, 0.25) is 0 Å². The largest absolute Gasteiger partial charge is 0.463 e. The van der Waals surface area contributed by atoms with Gasteiger partial charge in [0.05, 0.1) is 39.5 Å². The third-order valence-electron chi connectivity index (χ3n) is 4.23. The Morgan fingerprint density at radius 1 is 0.960 bits per heavy atom. The monoisotopic (exact) mass is 378 g/mol. The fourth-order valence-electron chi connectivity index (χ4n) is 2.72. The van der Waals surface area contributed by atoms with Crippen molar-refractivity contribution in [2.24, 2.45) is 0 Å². The lowest BCUT2D eigenvalue weighted by molar-refractivity contribution is -0.890. The molecule has 0 atom stereocenters. The molecule has 0 spiro atoms. The first-order valence-corrected chi connectivity index (χ1v) is 10.8. The van der Waals surface area contributed by atoms with Gasteiger partial charge in [-0.1, -0.05) is 38.7 Å². The highest BCUT2D eigenvalue weighted by Gasteiger charge is 2.16. The molecule has 0 radical (unpaired) electrons. The first-order valence-electron chi connectivity index (χ1n) is 9.23. The normalized spacial score (nSPS) is 12.1. The van der Waals surface area contributed by atoms with Gasteiger partial charge in [-0.15, -0.1) is 0 Å². The second-order valence-electron chi connectivity index (χ2n) is 7.22. The van der Waals surface area contributed by atoms with Crippen molar-refractivity contribution in [1.82, 2.24) is 0 Å². The Kier molecular flexibility index (Phi) is 12.8. The molecule has 0 amide bonds. The van der Waals surface area contributed by atoms with Crippen molar-refractivity contribution in [3.8, 4) is 0 Å². The van der Waals surface area contributed by atoms with E-state index < -0.39 is 10.1 Å². The Balaban J connectivity index is 3.44. The van der Waals surface area contributed by atoms with Crippen LogP contribution < -0.4 is 0 Å². The van der Waals surface area contributed by atoms with E-state index in [0.717, 1.165) is 36.8 Å². The van der Waals surface area contributed by atoms with E-state index in [1.54, 1.807) is 0 Å². The lowest BCUT2D eigenvalue weighted by atomic mass is 10.1. The van der Waals surface area contributed by atoms with Crippen molar-refractivity contribution in [1.29, 1.82) is 0 Å². The number of carbonyl (C=O) groups is 1. The number of ether oxygens (including phenoxy) is 1. The molecule has 0 saturated heterocycles. The van der Waals surface area contributed by atoms with Gasteiger partial charge in [0.25, 0.3) is 10.1 Å². The number of hydrogen-bond acceptors (Lipinski definition) is 4. The minimum atomic E-state index is -3.84. The van der Waals surface area contributed by atoms with Gasteiger partial charge in [0, 0.05) is 12.5 Å². The number of esters is 1. The van der Waals surface area contributed by atoms with Crippen molar-refractivity contribution in [2.45, 2.75) is 57.8 Å². The summed E-state index contributed by atoms with van der Waals surface area (Å²) in [4.78, 5) is 10.8. The maximum Gasteiger partial charge on any atom is 0.330 e. The summed E-state index contributed by atoms with van der Waals surface area (Å²) in [7, 11) is 0.366. The molecule has 1 N–H and O–H groups in total. The topological polar surface area (TPSA) is 80.7 Å². The van der Waals surface area contributed by atoms with E-state index in [2.05, 4.69) is 20.7 Å². The molecule has 0 aromatic rings. The van der Waals surface area contributed by atoms with Crippen molar-refractivity contribution < 1.29 is 27.0 Å². The highest BCUT2D eigenvalue weighted by molar-refractivity contribution is 7.85. The van der Waals surface area contributed by atoms with Crippen LogP contribution in [0.1, 0.15) is 57.8 Å². The molecule has 0 aromatic carbocycles. The Hall–Kier alpha value is -0.920. The smallest absolute Gasteiger partial charge is 0.330 e. The first kappa shape index (κ1) is 24.1. The van der Waals surface area contributed by atoms with Crippen molar-refractivity contribution >= 4 is 16.1 Å². The van der Waals surface area contributed by atoms with Gasteiger partial charge in [0.15, 0.2) is 0 Å². The molecule has 0 bridgehead atoms. The average Bonchev–Trinajstić information content (AvgIpc) is 2.50. The predicted octanol–water partition coefficient (Wildman–Crippen LogP) is 3.19. The van der Waals surface area contributed by atoms with Gasteiger partial charge in [-0.05, 0) is 19.3 Å². The summed E-state index contributed by atoms with van der Waals surface area (Å²) in [5, 5.41) is 0. The number of carbonyl (C=O) groups excluding carboxylic acids is 1. The van der Waals surface area contributed by atoms with Gasteiger partial charge in [0.1, 0.15) is 0 Å². The van der Waals surface area contributed by atoms with E-state index >= 15 is 0 Å². The SMILES string of the molecule is C=CC(=O)OCCCCCCCCCC[N+](C)(C)CCCS(=O)(=O)O. The molecule has 0 fully saturated rings. The van der Waals surface area contributed by atoms with Crippen LogP contribution in [0.25, 0.3) is 0 Å². The summed E-state index contributed by atoms with van der Waals surface area (Å²) in [6, 6.07) is 0. The zero-order valence-electron chi connectivity index (χ0n) is 15.9. The predicted molar refractivity (Wildman–Crippen MR) is 101 cm³/mol. The molecule has 0 unspecified atom stereocenters. The quantitative estimate of drug-likeness (QED) is 0.147. The second-order valence-corrected chi connectivity index (χ2v) is 8.79. The number of rotatable bonds is 16. The highest BCUT2D eigenvalue weighted by Crippen LogP contribution is 2.11. The van der Waals surface area contributed by atoms with Gasteiger partial charge in [-0.3, -0.25) is 4.55 Å². The van der Waals surface area contributed by atoms with Crippen LogP contribution in [0.2, 0.25) is 0 Å². The minimum absolute atomic E-state index is 0.151. The van der Waals surface area contributed by atoms with Crippen molar-refractivity contribution in [3.63, 3.8) is 0 Å². The van der Waals surface area contributed by atoms with Gasteiger partial charge in [-0.25, -0.2) is 4.79 Å². The molecule has 0 heterocycles. The Morgan fingerprint density at radius 3 is 1.96 bits per heavy atom. The first-order chi connectivity index (χ1) is 11.7. The van der Waals surface area contributed by atoms with Crippen LogP contribution in [0.5, 0.6) is 0 Å². The molecule has 0 aliphatic rings. The van der Waals surface area contributed by atoms with Crippen LogP contribution in [0, 0.1) is 0 Å². The molecule has 0 aromatic heterocycles. The average molecular weight is 379 g/mol. The molecule has 0 saturated carbocycles. The number of unbranched alkanes of at least 4 members (excludes halogenated alkanes) is 7. The van der Waals surface area contributed by atoms with E-state index in [1.807, 2.05) is 0 Å². The molecule has 7 heteroatoms. The fourth-order valence-corrected chi connectivity index (χ4v) is 3.21. The Labute approximate surface area is 153 Å². The van der Waals surface area contributed by atoms with Gasteiger partial charge < -0.3 is 9.22 Å². The summed E-state index contributed by atoms with van der Waals surface area (Å²) >= 11 is 0. The standard InChI is InChI=1S/C18H35NO5S/c1-4-18(20)24-16-12-10-8-6-5-7-9-11-14-19(2,3)15-13-17-25(21,22)23/h4H,1,5-17H2,2-3H3/p+1. The third kappa shape index (κ3) is 17.7. The second kappa shape index (κ2) is 13.3. The van der Waals surface area contributed by atoms with E-state index in [0.29, 0.717) is 13.0 Å². The highest BCUT2D eigenvalue weighted by atomic mass is 32.2. The maximum absolute atomic E-state index is 10.8. The summed E-state index contributed by atoms with van der Waals surface area (Å²) in [6.07, 6.45) is 10.8. The lowest BCUT2D eigenvalue weighted by Crippen LogP contribution is -2.41. The summed E-state index contributed by atoms with van der Waals surface area (Å²) in [5.74, 6) is -0.499. The van der Waals surface area contributed by atoms with Crippen LogP contribution in [-0.2, 0) is 19.6 Å². The van der Waals surface area contributed by atoms with Gasteiger partial charge >= 0.3 is 5.97 Å². The van der Waals surface area contributed by atoms with E-state index in [4.69, 9.17) is 9.29 Å². The van der Waals surface area contributed by atoms with E-state index in [1.165, 1.54) is 38.2 Å². The van der Waals surface area contributed by atoms with Crippen molar-refractivity contribution in [2.75, 3.05) is 39.5 Å². The molecular weight excluding hydrogens is 342 g/mol. The van der Waals surface area contributed by atoms with Crippen LogP contribution in [-0.4, -0.2) is 63.0 Å². The van der Waals surface area contributed by atoms with Crippen molar-refractivity contribution in [3.05, 3.63) is 12.7 Å². The summed E-state index contributed by atoms with van der Waals surface area (Å²) in [6.45, 7) is 5.62. The third-order valence-corrected chi connectivity index (χ3v) is 5.04. The number of hydrogen-bond donors (Lipinski definition) is 1. The molecule has 25 heavy (non-hydrogen) atoms. The Bertz CT molecular complexity index is 474. The molecule has 6 nitrogen and oxygen atoms in total. The molecule has 148 valence electrons. The van der Waals surface area contributed by atoms with E-state index in [9.17, 15) is 13.2 Å². The zero-order chi connectivity index (χ0) is 19.2. The number of nitrogens with zero attached hydrogens (tertiary/aromatic N) is 1. The molecule has 0 aliphatic heterocycles. The van der Waals surface area contributed by atoms with Crippen LogP contribution in [0.3, 0.4) is 0 Å². The van der Waals surface area contributed by atoms with Crippen LogP contribution in [0.4, 0.5) is 0 Å². The maximum atomic E-state index is 10.8. The molecule has 0 rings (SSSR count). The van der Waals surface area contributed by atoms with E-state index in [-0.39, 0.29) is 11.7 Å². The summed E-state index contributed by atoms with van der Waals surface area (Å²) in [5.41, 5.74) is 0. The molecular formula is C18H36NO5S+. The van der Waals surface area contributed by atoms with Crippen LogP contribution in [0.15, 0.2) is 12.7 Å². The zero-order valence-corrected chi connectivity index (χ0v) is 16.7. The Morgan fingerprint density at radius 2 is 1.44 bits per heavy atom.